The molecule has 0 bridgehead atoms. The number of hydrogen-bond donors (Lipinski definition) is 2. The zero-order valence-corrected chi connectivity index (χ0v) is 16.8. The van der Waals surface area contributed by atoms with Gasteiger partial charge in [0.2, 0.25) is 5.43 Å². The number of benzene rings is 1. The van der Waals surface area contributed by atoms with E-state index in [4.69, 9.17) is 0 Å². The molecule has 3 aliphatic rings. The predicted molar refractivity (Wildman–Crippen MR) is 106 cm³/mol. The fourth-order valence-corrected chi connectivity index (χ4v) is 5.24. The maximum Gasteiger partial charge on any atom is 0.275 e. The molecule has 162 valence electrons. The van der Waals surface area contributed by atoms with Crippen molar-refractivity contribution in [1.82, 2.24) is 14.8 Å². The van der Waals surface area contributed by atoms with Crippen molar-refractivity contribution in [3.8, 4) is 5.75 Å². The molecular formula is C22H21F2N3O4. The molecule has 3 heterocycles. The van der Waals surface area contributed by atoms with E-state index < -0.39 is 28.7 Å². The van der Waals surface area contributed by atoms with Crippen LogP contribution in [0.4, 0.5) is 8.78 Å². The van der Waals surface area contributed by atoms with Gasteiger partial charge in [-0.2, -0.15) is 0 Å². The highest BCUT2D eigenvalue weighted by molar-refractivity contribution is 5.99. The Kier molecular flexibility index (Phi) is 4.39. The molecular weight excluding hydrogens is 408 g/mol. The maximum absolute atomic E-state index is 13.8. The van der Waals surface area contributed by atoms with Crippen molar-refractivity contribution in [2.75, 3.05) is 0 Å². The summed E-state index contributed by atoms with van der Waals surface area (Å²) in [6.45, 7) is 2.16. The molecule has 1 aromatic carbocycles. The van der Waals surface area contributed by atoms with Crippen molar-refractivity contribution in [3.05, 3.63) is 63.1 Å². The van der Waals surface area contributed by atoms with Gasteiger partial charge in [0.05, 0.1) is 6.04 Å². The Balaban J connectivity index is 1.44. The van der Waals surface area contributed by atoms with Crippen LogP contribution in [0.25, 0.3) is 0 Å². The summed E-state index contributed by atoms with van der Waals surface area (Å²) in [6.07, 6.45) is 3.17. The molecule has 31 heavy (non-hydrogen) atoms. The Labute approximate surface area is 176 Å². The second-order valence-electron chi connectivity index (χ2n) is 8.46. The summed E-state index contributed by atoms with van der Waals surface area (Å²) in [5, 5.41) is 12.9. The molecule has 2 amide bonds. The highest BCUT2D eigenvalue weighted by Gasteiger charge is 2.61. The molecule has 2 N–H and O–H groups in total. The molecule has 4 atom stereocenters. The molecule has 1 aliphatic carbocycles. The summed E-state index contributed by atoms with van der Waals surface area (Å²) in [5.74, 6) is -2.64. The van der Waals surface area contributed by atoms with Crippen LogP contribution in [0.5, 0.6) is 5.75 Å². The number of nitrogens with one attached hydrogen (secondary N) is 1. The minimum atomic E-state index is -0.951. The molecule has 1 aromatic heterocycles. The summed E-state index contributed by atoms with van der Waals surface area (Å²) in [7, 11) is 0. The van der Waals surface area contributed by atoms with Crippen LogP contribution >= 0.6 is 0 Å². The molecule has 0 spiro atoms. The van der Waals surface area contributed by atoms with Crippen LogP contribution in [0.1, 0.15) is 46.2 Å². The monoisotopic (exact) mass is 429 g/mol. The fourth-order valence-electron chi connectivity index (χ4n) is 5.24. The minimum Gasteiger partial charge on any atom is -0.503 e. The Hall–Kier alpha value is -3.23. The van der Waals surface area contributed by atoms with Crippen LogP contribution in [0.15, 0.2) is 29.2 Å². The summed E-state index contributed by atoms with van der Waals surface area (Å²) in [4.78, 5) is 40.1. The van der Waals surface area contributed by atoms with Gasteiger partial charge >= 0.3 is 0 Å². The molecule has 7 nitrogen and oxygen atoms in total. The Morgan fingerprint density at radius 2 is 2.03 bits per heavy atom. The van der Waals surface area contributed by atoms with Crippen LogP contribution in [0.2, 0.25) is 0 Å². The molecule has 1 unspecified atom stereocenters. The highest BCUT2D eigenvalue weighted by Crippen LogP contribution is 2.56. The number of piperidine rings is 1. The number of carbonyl (C=O) groups excluding carboxylic acids is 2. The number of aromatic nitrogens is 1. The van der Waals surface area contributed by atoms with Gasteiger partial charge in [-0.15, -0.1) is 0 Å². The van der Waals surface area contributed by atoms with E-state index in [2.05, 4.69) is 5.32 Å². The van der Waals surface area contributed by atoms with E-state index >= 15 is 0 Å². The number of halogens is 2. The van der Waals surface area contributed by atoms with E-state index in [1.807, 2.05) is 6.92 Å². The van der Waals surface area contributed by atoms with Crippen LogP contribution in [-0.4, -0.2) is 38.5 Å². The van der Waals surface area contributed by atoms with E-state index in [1.54, 1.807) is 4.90 Å². The van der Waals surface area contributed by atoms with Crippen LogP contribution in [0.3, 0.4) is 0 Å². The SMILES string of the molecule is CCC1[C@H]2C[C@H]2[C@H]2Cn3cc(C(=O)NCc4ccc(F)cc4F)c(=O)c(O)c3C(=O)N12. The lowest BCUT2D eigenvalue weighted by molar-refractivity contribution is 0.0514. The second-order valence-corrected chi connectivity index (χ2v) is 8.46. The van der Waals surface area contributed by atoms with Gasteiger partial charge in [-0.1, -0.05) is 13.0 Å². The second kappa shape index (κ2) is 6.90. The Morgan fingerprint density at radius 1 is 1.26 bits per heavy atom. The quantitative estimate of drug-likeness (QED) is 0.778. The van der Waals surface area contributed by atoms with E-state index in [1.165, 1.54) is 16.8 Å². The summed E-state index contributed by atoms with van der Waals surface area (Å²) < 4.78 is 28.3. The average Bonchev–Trinajstić information content (AvgIpc) is 3.46. The number of fused-ring (bicyclic) bond motifs is 4. The highest BCUT2D eigenvalue weighted by atomic mass is 19.1. The standard InChI is InChI=1S/C22H21F2N3O4/c1-2-16-12-6-13(12)17-9-26-8-14(19(28)20(29)18(26)22(31)27(16)17)21(30)25-7-10-3-4-11(23)5-15(10)24/h3-5,8,12-13,16-17,29H,2,6-7,9H2,1H3,(H,25,30)/t12-,13+,16?,17+/m0/s1. The van der Waals surface area contributed by atoms with E-state index in [-0.39, 0.29) is 41.4 Å². The van der Waals surface area contributed by atoms with Crippen molar-refractivity contribution >= 4 is 11.8 Å². The molecule has 1 saturated carbocycles. The van der Waals surface area contributed by atoms with Gasteiger partial charge in [-0.05, 0) is 30.7 Å². The first-order chi connectivity index (χ1) is 14.8. The molecule has 2 aromatic rings. The number of pyridine rings is 1. The fraction of sp³-hybridized carbons (Fsp3) is 0.409. The van der Waals surface area contributed by atoms with Gasteiger partial charge in [-0.3, -0.25) is 14.4 Å². The van der Waals surface area contributed by atoms with Crippen LogP contribution in [0, 0.1) is 23.5 Å². The largest absolute Gasteiger partial charge is 0.503 e. The summed E-state index contributed by atoms with van der Waals surface area (Å²) in [5.41, 5.74) is -1.32. The van der Waals surface area contributed by atoms with Crippen molar-refractivity contribution in [2.24, 2.45) is 11.8 Å². The van der Waals surface area contributed by atoms with Gasteiger partial charge in [0.15, 0.2) is 11.4 Å². The van der Waals surface area contributed by atoms with Crippen LogP contribution < -0.4 is 10.7 Å². The Bertz CT molecular complexity index is 1180. The third-order valence-corrected chi connectivity index (χ3v) is 6.79. The molecule has 2 aliphatic heterocycles. The topological polar surface area (TPSA) is 91.6 Å². The summed E-state index contributed by atoms with van der Waals surface area (Å²) >= 11 is 0. The van der Waals surface area contributed by atoms with Gasteiger partial charge in [0, 0.05) is 37.0 Å². The van der Waals surface area contributed by atoms with E-state index in [0.29, 0.717) is 24.4 Å². The van der Waals surface area contributed by atoms with Crippen LogP contribution in [-0.2, 0) is 13.1 Å². The number of carbonyl (C=O) groups is 2. The third-order valence-electron chi connectivity index (χ3n) is 6.79. The van der Waals surface area contributed by atoms with Gasteiger partial charge in [0.25, 0.3) is 11.8 Å². The molecule has 9 heteroatoms. The lowest BCUT2D eigenvalue weighted by Gasteiger charge is -2.38. The van der Waals surface area contributed by atoms with E-state index in [0.717, 1.165) is 18.9 Å². The predicted octanol–water partition coefficient (Wildman–Crippen LogP) is 2.01. The third kappa shape index (κ3) is 2.94. The van der Waals surface area contributed by atoms with Crippen molar-refractivity contribution < 1.29 is 23.5 Å². The molecule has 2 fully saturated rings. The van der Waals surface area contributed by atoms with Gasteiger partial charge < -0.3 is 19.9 Å². The van der Waals surface area contributed by atoms with Gasteiger partial charge in [-0.25, -0.2) is 8.78 Å². The molecule has 1 saturated heterocycles. The zero-order valence-electron chi connectivity index (χ0n) is 16.8. The molecule has 0 radical (unpaired) electrons. The molecule has 5 rings (SSSR count). The number of hydrogen-bond acceptors (Lipinski definition) is 4. The first-order valence-electron chi connectivity index (χ1n) is 10.3. The first kappa shape index (κ1) is 19.7. The number of amides is 2. The van der Waals surface area contributed by atoms with Crippen molar-refractivity contribution in [2.45, 2.75) is 44.9 Å². The minimum absolute atomic E-state index is 0.0129. The zero-order chi connectivity index (χ0) is 22.0. The first-order valence-corrected chi connectivity index (χ1v) is 10.3. The Morgan fingerprint density at radius 3 is 2.74 bits per heavy atom. The van der Waals surface area contributed by atoms with Crippen molar-refractivity contribution in [1.29, 1.82) is 0 Å². The average molecular weight is 429 g/mol. The lowest BCUT2D eigenvalue weighted by atomic mass is 10.0. The maximum atomic E-state index is 13.8. The van der Waals surface area contributed by atoms with E-state index in [9.17, 15) is 28.3 Å². The van der Waals surface area contributed by atoms with Gasteiger partial charge in [0.1, 0.15) is 17.2 Å². The number of rotatable bonds is 4. The smallest absolute Gasteiger partial charge is 0.275 e. The summed E-state index contributed by atoms with van der Waals surface area (Å²) in [6, 6.07) is 3.07. The number of aromatic hydroxyl groups is 1. The normalized spacial score (nSPS) is 25.6. The number of nitrogens with zero attached hydrogens (tertiary/aromatic N) is 2. The van der Waals surface area contributed by atoms with Crippen molar-refractivity contribution in [3.63, 3.8) is 0 Å². The lowest BCUT2D eigenvalue weighted by Crippen LogP contribution is -2.51.